The second kappa shape index (κ2) is 6.08. The van der Waals surface area contributed by atoms with E-state index in [4.69, 9.17) is 9.47 Å². The third-order valence-corrected chi connectivity index (χ3v) is 2.01. The fourth-order valence-electron chi connectivity index (χ4n) is 1.31. The number of hydrogen-bond donors (Lipinski definition) is 0. The molecule has 1 aromatic carbocycles. The first-order chi connectivity index (χ1) is 6.88. The van der Waals surface area contributed by atoms with Crippen LogP contribution in [0.3, 0.4) is 0 Å². The van der Waals surface area contributed by atoms with Crippen LogP contribution in [-0.4, -0.2) is 14.2 Å². The monoisotopic (exact) mass is 192 g/mol. The zero-order chi connectivity index (χ0) is 10.2. The summed E-state index contributed by atoms with van der Waals surface area (Å²) in [5.41, 5.74) is 1.23. The molecule has 0 bridgehead atoms. The summed E-state index contributed by atoms with van der Waals surface area (Å²) in [5, 5.41) is 0. The average molecular weight is 192 g/mol. The van der Waals surface area contributed by atoms with Gasteiger partial charge in [0.25, 0.3) is 0 Å². The molecule has 0 aliphatic heterocycles. The van der Waals surface area contributed by atoms with Crippen molar-refractivity contribution in [3.8, 4) is 5.75 Å². The Morgan fingerprint density at radius 1 is 1.21 bits per heavy atom. The van der Waals surface area contributed by atoms with Crippen LogP contribution in [0.15, 0.2) is 36.6 Å². The topological polar surface area (TPSA) is 18.5 Å². The van der Waals surface area contributed by atoms with Gasteiger partial charge in [-0.05, 0) is 30.5 Å². The molecule has 0 amide bonds. The van der Waals surface area contributed by atoms with Gasteiger partial charge in [-0.15, -0.1) is 0 Å². The molecule has 1 rings (SSSR count). The minimum atomic E-state index is 0.957. The van der Waals surface area contributed by atoms with Crippen molar-refractivity contribution in [2.45, 2.75) is 12.8 Å². The SMILES string of the molecule is CO/C=C/CCc1ccccc1OC. The Morgan fingerprint density at radius 3 is 2.71 bits per heavy atom. The number of aryl methyl sites for hydroxylation is 1. The number of rotatable bonds is 5. The summed E-state index contributed by atoms with van der Waals surface area (Å²) in [7, 11) is 3.35. The second-order valence-electron chi connectivity index (χ2n) is 2.96. The van der Waals surface area contributed by atoms with Gasteiger partial charge in [0.15, 0.2) is 0 Å². The number of para-hydroxylation sites is 1. The van der Waals surface area contributed by atoms with Gasteiger partial charge in [0.2, 0.25) is 0 Å². The number of allylic oxidation sites excluding steroid dienone is 1. The first-order valence-corrected chi connectivity index (χ1v) is 4.68. The Hall–Kier alpha value is -1.44. The van der Waals surface area contributed by atoms with Gasteiger partial charge in [0.1, 0.15) is 5.75 Å². The van der Waals surface area contributed by atoms with Crippen LogP contribution in [-0.2, 0) is 11.2 Å². The molecule has 0 aliphatic carbocycles. The molecule has 1 aromatic rings. The lowest BCUT2D eigenvalue weighted by molar-refractivity contribution is 0.336. The van der Waals surface area contributed by atoms with Crippen molar-refractivity contribution in [2.75, 3.05) is 14.2 Å². The molecule has 2 heteroatoms. The van der Waals surface area contributed by atoms with Gasteiger partial charge in [0.05, 0.1) is 20.5 Å². The normalized spacial score (nSPS) is 10.4. The largest absolute Gasteiger partial charge is 0.505 e. The van der Waals surface area contributed by atoms with Crippen molar-refractivity contribution >= 4 is 0 Å². The Bertz CT molecular complexity index is 292. The van der Waals surface area contributed by atoms with E-state index in [9.17, 15) is 0 Å². The summed E-state index contributed by atoms with van der Waals surface area (Å²) in [5.74, 6) is 0.957. The van der Waals surface area contributed by atoms with E-state index in [0.717, 1.165) is 18.6 Å². The predicted octanol–water partition coefficient (Wildman–Crippen LogP) is 2.79. The van der Waals surface area contributed by atoms with E-state index in [1.165, 1.54) is 5.56 Å². The van der Waals surface area contributed by atoms with Gasteiger partial charge >= 0.3 is 0 Å². The van der Waals surface area contributed by atoms with Gasteiger partial charge in [-0.25, -0.2) is 0 Å². The summed E-state index contributed by atoms with van der Waals surface area (Å²) in [6.45, 7) is 0. The van der Waals surface area contributed by atoms with Crippen molar-refractivity contribution in [3.05, 3.63) is 42.2 Å². The fraction of sp³-hybridized carbons (Fsp3) is 0.333. The van der Waals surface area contributed by atoms with Crippen molar-refractivity contribution in [2.24, 2.45) is 0 Å². The first-order valence-electron chi connectivity index (χ1n) is 4.68. The van der Waals surface area contributed by atoms with E-state index >= 15 is 0 Å². The quantitative estimate of drug-likeness (QED) is 0.668. The lowest BCUT2D eigenvalue weighted by Crippen LogP contribution is -1.90. The van der Waals surface area contributed by atoms with Crippen LogP contribution in [0.4, 0.5) is 0 Å². The minimum absolute atomic E-state index is 0.957. The zero-order valence-electron chi connectivity index (χ0n) is 8.69. The van der Waals surface area contributed by atoms with Gasteiger partial charge < -0.3 is 9.47 Å². The van der Waals surface area contributed by atoms with Crippen LogP contribution in [0.25, 0.3) is 0 Å². The van der Waals surface area contributed by atoms with Gasteiger partial charge in [0, 0.05) is 0 Å². The molecule has 0 heterocycles. The summed E-state index contributed by atoms with van der Waals surface area (Å²) >= 11 is 0. The van der Waals surface area contributed by atoms with Gasteiger partial charge in [-0.1, -0.05) is 18.2 Å². The number of methoxy groups -OCH3 is 2. The van der Waals surface area contributed by atoms with Gasteiger partial charge in [-0.3, -0.25) is 0 Å². The maximum atomic E-state index is 5.25. The first kappa shape index (κ1) is 10.6. The van der Waals surface area contributed by atoms with Crippen LogP contribution in [0.5, 0.6) is 5.75 Å². The summed E-state index contributed by atoms with van der Waals surface area (Å²) in [6.07, 6.45) is 5.65. The molecule has 0 saturated heterocycles. The van der Waals surface area contributed by atoms with Crippen LogP contribution in [0.1, 0.15) is 12.0 Å². The molecule has 0 saturated carbocycles. The average Bonchev–Trinajstić information content (AvgIpc) is 2.25. The van der Waals surface area contributed by atoms with Gasteiger partial charge in [-0.2, -0.15) is 0 Å². The van der Waals surface area contributed by atoms with Crippen LogP contribution in [0, 0.1) is 0 Å². The highest BCUT2D eigenvalue weighted by Crippen LogP contribution is 2.18. The highest BCUT2D eigenvalue weighted by molar-refractivity contribution is 5.33. The summed E-state index contributed by atoms with van der Waals surface area (Å²) in [6, 6.07) is 8.07. The smallest absolute Gasteiger partial charge is 0.122 e. The lowest BCUT2D eigenvalue weighted by Gasteiger charge is -2.05. The Labute approximate surface area is 85.2 Å². The molecule has 0 atom stereocenters. The van der Waals surface area contributed by atoms with E-state index in [1.807, 2.05) is 24.3 Å². The summed E-state index contributed by atoms with van der Waals surface area (Å²) < 4.78 is 10.1. The molecule has 0 N–H and O–H groups in total. The maximum absolute atomic E-state index is 5.25. The van der Waals surface area contributed by atoms with Crippen LogP contribution >= 0.6 is 0 Å². The zero-order valence-corrected chi connectivity index (χ0v) is 8.69. The molecule has 0 aromatic heterocycles. The predicted molar refractivity (Wildman–Crippen MR) is 57.5 cm³/mol. The highest BCUT2D eigenvalue weighted by atomic mass is 16.5. The lowest BCUT2D eigenvalue weighted by atomic mass is 10.1. The third kappa shape index (κ3) is 3.13. The van der Waals surface area contributed by atoms with Crippen LogP contribution in [0.2, 0.25) is 0 Å². The Balaban J connectivity index is 2.53. The Kier molecular flexibility index (Phi) is 4.62. The molecule has 0 spiro atoms. The van der Waals surface area contributed by atoms with E-state index in [2.05, 4.69) is 6.07 Å². The van der Waals surface area contributed by atoms with Crippen molar-refractivity contribution in [1.29, 1.82) is 0 Å². The van der Waals surface area contributed by atoms with E-state index < -0.39 is 0 Å². The second-order valence-corrected chi connectivity index (χ2v) is 2.96. The number of ether oxygens (including phenoxy) is 2. The van der Waals surface area contributed by atoms with Crippen LogP contribution < -0.4 is 4.74 Å². The van der Waals surface area contributed by atoms with E-state index in [1.54, 1.807) is 20.5 Å². The fourth-order valence-corrected chi connectivity index (χ4v) is 1.31. The molecular formula is C12H16O2. The standard InChI is InChI=1S/C12H16O2/c1-13-10-6-5-8-11-7-3-4-9-12(11)14-2/h3-4,6-7,9-10H,5,8H2,1-2H3/b10-6+. The maximum Gasteiger partial charge on any atom is 0.122 e. The third-order valence-electron chi connectivity index (χ3n) is 2.01. The molecule has 0 fully saturated rings. The number of hydrogen-bond acceptors (Lipinski definition) is 2. The molecule has 0 radical (unpaired) electrons. The highest BCUT2D eigenvalue weighted by Gasteiger charge is 1.98. The molecule has 0 aliphatic rings. The minimum Gasteiger partial charge on any atom is -0.505 e. The molecular weight excluding hydrogens is 176 g/mol. The molecule has 2 nitrogen and oxygen atoms in total. The van der Waals surface area contributed by atoms with Crippen molar-refractivity contribution < 1.29 is 9.47 Å². The van der Waals surface area contributed by atoms with Crippen molar-refractivity contribution in [1.82, 2.24) is 0 Å². The Morgan fingerprint density at radius 2 is 2.00 bits per heavy atom. The van der Waals surface area contributed by atoms with Crippen molar-refractivity contribution in [3.63, 3.8) is 0 Å². The number of benzene rings is 1. The molecule has 0 unspecified atom stereocenters. The van der Waals surface area contributed by atoms with E-state index in [-0.39, 0.29) is 0 Å². The molecule has 14 heavy (non-hydrogen) atoms. The summed E-state index contributed by atoms with van der Waals surface area (Å²) in [4.78, 5) is 0. The molecule has 76 valence electrons. The van der Waals surface area contributed by atoms with E-state index in [0.29, 0.717) is 0 Å².